The molecule has 0 aliphatic rings. The van der Waals surface area contributed by atoms with Crippen molar-refractivity contribution < 1.29 is 28.6 Å². The monoisotopic (exact) mass is 1110 g/mol. The molecule has 0 saturated carbocycles. The van der Waals surface area contributed by atoms with Gasteiger partial charge in [-0.2, -0.15) is 0 Å². The van der Waals surface area contributed by atoms with Crippen molar-refractivity contribution in [3.05, 3.63) is 122 Å². The second-order valence-electron chi connectivity index (χ2n) is 22.0. The first-order chi connectivity index (χ1) is 39.5. The molecular weight excluding hydrogens is 985 g/mol. The smallest absolute Gasteiger partial charge is 0.306 e. The van der Waals surface area contributed by atoms with E-state index in [-0.39, 0.29) is 31.1 Å². The van der Waals surface area contributed by atoms with Crippen molar-refractivity contribution in [2.75, 3.05) is 13.2 Å². The van der Waals surface area contributed by atoms with Gasteiger partial charge < -0.3 is 14.2 Å². The van der Waals surface area contributed by atoms with Crippen molar-refractivity contribution in [2.45, 2.75) is 316 Å². The molecule has 0 aromatic carbocycles. The third kappa shape index (κ3) is 64.6. The van der Waals surface area contributed by atoms with Crippen LogP contribution in [0, 0.1) is 0 Å². The van der Waals surface area contributed by atoms with Crippen molar-refractivity contribution in [1.82, 2.24) is 0 Å². The van der Waals surface area contributed by atoms with Crippen LogP contribution in [0.4, 0.5) is 0 Å². The van der Waals surface area contributed by atoms with Gasteiger partial charge >= 0.3 is 17.9 Å². The van der Waals surface area contributed by atoms with Crippen LogP contribution in [0.3, 0.4) is 0 Å². The van der Waals surface area contributed by atoms with Crippen molar-refractivity contribution in [1.29, 1.82) is 0 Å². The van der Waals surface area contributed by atoms with Gasteiger partial charge in [0.2, 0.25) is 0 Å². The molecule has 6 nitrogen and oxygen atoms in total. The molecule has 0 rings (SSSR count). The Morgan fingerprint density at radius 2 is 0.512 bits per heavy atom. The summed E-state index contributed by atoms with van der Waals surface area (Å²) >= 11 is 0. The molecule has 1 unspecified atom stereocenters. The molecule has 0 aliphatic heterocycles. The van der Waals surface area contributed by atoms with Gasteiger partial charge in [0.25, 0.3) is 0 Å². The van der Waals surface area contributed by atoms with E-state index in [1.807, 2.05) is 0 Å². The zero-order valence-electron chi connectivity index (χ0n) is 52.3. The quantitative estimate of drug-likeness (QED) is 0.0261. The number of allylic oxidation sites excluding steroid dienone is 20. The fourth-order valence-electron chi connectivity index (χ4n) is 9.20. The largest absolute Gasteiger partial charge is 0.462 e. The summed E-state index contributed by atoms with van der Waals surface area (Å²) in [6.45, 7) is 6.47. The van der Waals surface area contributed by atoms with Gasteiger partial charge in [0.05, 0.1) is 0 Å². The molecule has 0 aromatic heterocycles. The Labute approximate surface area is 494 Å². The topological polar surface area (TPSA) is 78.9 Å². The van der Waals surface area contributed by atoms with Crippen LogP contribution in [0.2, 0.25) is 0 Å². The lowest BCUT2D eigenvalue weighted by Crippen LogP contribution is -2.30. The lowest BCUT2D eigenvalue weighted by molar-refractivity contribution is -0.167. The Hall–Kier alpha value is -4.19. The van der Waals surface area contributed by atoms with E-state index in [2.05, 4.69) is 142 Å². The molecule has 0 fully saturated rings. The first-order valence-corrected chi connectivity index (χ1v) is 33.5. The Bertz CT molecular complexity index is 1650. The highest BCUT2D eigenvalue weighted by Crippen LogP contribution is 2.16. The van der Waals surface area contributed by atoms with E-state index in [4.69, 9.17) is 14.2 Å². The van der Waals surface area contributed by atoms with E-state index in [9.17, 15) is 14.4 Å². The summed E-state index contributed by atoms with van der Waals surface area (Å²) in [5.74, 6) is -0.897. The average Bonchev–Trinajstić information content (AvgIpc) is 3.46. The Kier molecular flexibility index (Phi) is 63.8. The lowest BCUT2D eigenvalue weighted by atomic mass is 10.0. The maximum absolute atomic E-state index is 12.9. The minimum atomic E-state index is -0.786. The standard InChI is InChI=1S/C74H124O6/c1-4-7-10-13-16-19-22-24-26-28-29-30-31-32-33-34-35-36-37-38-39-40-41-42-43-44-45-47-48-50-52-55-58-61-64-67-73(76)79-70-71(69-78-72(75)66-63-60-57-54-21-18-15-12-9-6-3)80-74(77)68-65-62-59-56-53-51-49-46-27-25-23-20-17-14-11-8-5-2/h7,10,12,15-16,19,24,26,29-30,32-33,35-36,38-39,41-42,44-45,71H,4-6,8-9,11,13-14,17-18,20-23,25,27-28,31,34,37,40,43,46-70H2,1-3H3/b10-7-,15-12-,19-16-,26-24-,30-29-,33-32-,36-35-,39-38-,42-41-,45-44-. The predicted molar refractivity (Wildman–Crippen MR) is 348 cm³/mol. The normalized spacial score (nSPS) is 12.9. The zero-order chi connectivity index (χ0) is 57.8. The molecule has 6 heteroatoms. The molecule has 0 spiro atoms. The van der Waals surface area contributed by atoms with Gasteiger partial charge in [0.1, 0.15) is 13.2 Å². The number of unbranched alkanes of at least 4 members (excludes halogenated alkanes) is 29. The first kappa shape index (κ1) is 75.8. The minimum absolute atomic E-state index is 0.0844. The van der Waals surface area contributed by atoms with Crippen LogP contribution in [0.5, 0.6) is 0 Å². The predicted octanol–water partition coefficient (Wildman–Crippen LogP) is 23.2. The molecule has 1 atom stereocenters. The molecule has 0 amide bonds. The zero-order valence-corrected chi connectivity index (χ0v) is 52.3. The Balaban J connectivity index is 4.21. The van der Waals surface area contributed by atoms with E-state index < -0.39 is 6.10 Å². The van der Waals surface area contributed by atoms with E-state index in [1.54, 1.807) is 0 Å². The van der Waals surface area contributed by atoms with Crippen LogP contribution in [0.1, 0.15) is 310 Å². The maximum Gasteiger partial charge on any atom is 0.306 e. The molecule has 456 valence electrons. The molecule has 0 aromatic rings. The summed E-state index contributed by atoms with van der Waals surface area (Å²) in [4.78, 5) is 38.2. The summed E-state index contributed by atoms with van der Waals surface area (Å²) in [5.41, 5.74) is 0. The third-order valence-electron chi connectivity index (χ3n) is 14.2. The summed E-state index contributed by atoms with van der Waals surface area (Å²) in [6, 6.07) is 0. The van der Waals surface area contributed by atoms with Gasteiger partial charge in [-0.1, -0.05) is 303 Å². The fraction of sp³-hybridized carbons (Fsp3) is 0.689. The number of hydrogen-bond acceptors (Lipinski definition) is 6. The summed E-state index contributed by atoms with van der Waals surface area (Å²) in [7, 11) is 0. The summed E-state index contributed by atoms with van der Waals surface area (Å²) in [6.07, 6.45) is 93.7. The molecule has 0 radical (unpaired) electrons. The highest BCUT2D eigenvalue weighted by molar-refractivity contribution is 5.71. The molecule has 0 aliphatic carbocycles. The van der Waals surface area contributed by atoms with Crippen molar-refractivity contribution in [3.8, 4) is 0 Å². The van der Waals surface area contributed by atoms with Crippen LogP contribution >= 0.6 is 0 Å². The Morgan fingerprint density at radius 1 is 0.263 bits per heavy atom. The average molecular weight is 1110 g/mol. The SMILES string of the molecule is CC/C=C\C/C=C\C/C=C\C/C=C\C/C=C\C/C=C\C/C=C\C/C=C\C/C=C\CCCCCCCCCC(=O)OCC(COC(=O)CCCCCCC/C=C\CCC)OC(=O)CCCCCCCCCCCCCCCCCCC. The van der Waals surface area contributed by atoms with Crippen LogP contribution < -0.4 is 0 Å². The molecule has 0 heterocycles. The molecule has 80 heavy (non-hydrogen) atoms. The van der Waals surface area contributed by atoms with Gasteiger partial charge in [-0.3, -0.25) is 14.4 Å². The van der Waals surface area contributed by atoms with Gasteiger partial charge in [0, 0.05) is 19.3 Å². The van der Waals surface area contributed by atoms with Crippen LogP contribution in [-0.4, -0.2) is 37.2 Å². The number of esters is 3. The van der Waals surface area contributed by atoms with Crippen molar-refractivity contribution >= 4 is 17.9 Å². The van der Waals surface area contributed by atoms with Gasteiger partial charge in [0.15, 0.2) is 6.10 Å². The molecule has 0 saturated heterocycles. The van der Waals surface area contributed by atoms with E-state index in [1.165, 1.54) is 135 Å². The van der Waals surface area contributed by atoms with Gasteiger partial charge in [-0.05, 0) is 109 Å². The van der Waals surface area contributed by atoms with Crippen molar-refractivity contribution in [2.24, 2.45) is 0 Å². The lowest BCUT2D eigenvalue weighted by Gasteiger charge is -2.18. The second-order valence-corrected chi connectivity index (χ2v) is 22.0. The third-order valence-corrected chi connectivity index (χ3v) is 14.2. The fourth-order valence-corrected chi connectivity index (χ4v) is 9.20. The van der Waals surface area contributed by atoms with E-state index in [0.717, 1.165) is 135 Å². The number of ether oxygens (including phenoxy) is 3. The Morgan fingerprint density at radius 3 is 0.825 bits per heavy atom. The molecule has 0 N–H and O–H groups in total. The van der Waals surface area contributed by atoms with Gasteiger partial charge in [-0.15, -0.1) is 0 Å². The second kappa shape index (κ2) is 67.3. The van der Waals surface area contributed by atoms with Crippen molar-refractivity contribution in [3.63, 3.8) is 0 Å². The molecule has 0 bridgehead atoms. The minimum Gasteiger partial charge on any atom is -0.462 e. The summed E-state index contributed by atoms with van der Waals surface area (Å²) < 4.78 is 16.9. The number of carbonyl (C=O) groups excluding carboxylic acids is 3. The van der Waals surface area contributed by atoms with Crippen LogP contribution in [-0.2, 0) is 28.6 Å². The highest BCUT2D eigenvalue weighted by Gasteiger charge is 2.19. The maximum atomic E-state index is 12.9. The molecular formula is C74H124O6. The van der Waals surface area contributed by atoms with E-state index >= 15 is 0 Å². The number of rotatable bonds is 60. The van der Waals surface area contributed by atoms with E-state index in [0.29, 0.717) is 19.3 Å². The first-order valence-electron chi connectivity index (χ1n) is 33.5. The number of hydrogen-bond donors (Lipinski definition) is 0. The van der Waals surface area contributed by atoms with Crippen LogP contribution in [0.25, 0.3) is 0 Å². The van der Waals surface area contributed by atoms with Crippen LogP contribution in [0.15, 0.2) is 122 Å². The number of carbonyl (C=O) groups is 3. The highest BCUT2D eigenvalue weighted by atomic mass is 16.6. The summed E-state index contributed by atoms with van der Waals surface area (Å²) in [5, 5.41) is 0. The van der Waals surface area contributed by atoms with Gasteiger partial charge in [-0.25, -0.2) is 0 Å².